The zero-order valence-electron chi connectivity index (χ0n) is 10.2. The molecule has 0 saturated heterocycles. The summed E-state index contributed by atoms with van der Waals surface area (Å²) in [5.74, 6) is 5.70. The van der Waals surface area contributed by atoms with E-state index in [4.69, 9.17) is 4.74 Å². The fraction of sp³-hybridized carbons (Fsp3) is 0.846. The third kappa shape index (κ3) is 6.12. The summed E-state index contributed by atoms with van der Waals surface area (Å²) in [5.41, 5.74) is 0. The highest BCUT2D eigenvalue weighted by atomic mass is 16.5. The average Bonchev–Trinajstić information content (AvgIpc) is 2.33. The Morgan fingerprint density at radius 3 is 2.81 bits per heavy atom. The van der Waals surface area contributed by atoms with Crippen molar-refractivity contribution in [1.29, 1.82) is 0 Å². The van der Waals surface area contributed by atoms with Crippen LogP contribution in [0.15, 0.2) is 0 Å². The summed E-state index contributed by atoms with van der Waals surface area (Å²) in [6, 6.07) is 0. The molecule has 0 spiro atoms. The van der Waals surface area contributed by atoms with Crippen molar-refractivity contribution in [1.82, 2.24) is 5.32 Å². The molecule has 1 unspecified atom stereocenters. The standard InChI is InChI=1S/C13H23NO2/c1-2-3-9-14-10-12(15)11-16-13-7-5-4-6-8-13/h12-15H,4-11H2,1H3. The third-order valence-corrected chi connectivity index (χ3v) is 2.85. The van der Waals surface area contributed by atoms with Crippen molar-refractivity contribution in [2.75, 3.05) is 19.7 Å². The quantitative estimate of drug-likeness (QED) is 0.529. The predicted molar refractivity (Wildman–Crippen MR) is 65.2 cm³/mol. The molecule has 0 heterocycles. The number of rotatable bonds is 6. The molecule has 0 aromatic rings. The van der Waals surface area contributed by atoms with Crippen LogP contribution in [0.25, 0.3) is 0 Å². The highest BCUT2D eigenvalue weighted by Gasteiger charge is 2.15. The Labute approximate surface area is 98.6 Å². The molecule has 1 rings (SSSR count). The lowest BCUT2D eigenvalue weighted by atomic mass is 9.98. The van der Waals surface area contributed by atoms with Crippen LogP contribution >= 0.6 is 0 Å². The molecule has 16 heavy (non-hydrogen) atoms. The topological polar surface area (TPSA) is 41.5 Å². The van der Waals surface area contributed by atoms with Gasteiger partial charge in [0.05, 0.1) is 25.4 Å². The van der Waals surface area contributed by atoms with Crippen LogP contribution in [0.1, 0.15) is 39.0 Å². The monoisotopic (exact) mass is 225 g/mol. The van der Waals surface area contributed by atoms with E-state index in [2.05, 4.69) is 17.2 Å². The Bertz CT molecular complexity index is 226. The van der Waals surface area contributed by atoms with Crippen molar-refractivity contribution in [2.24, 2.45) is 0 Å². The normalized spacial score (nSPS) is 18.9. The molecule has 0 aliphatic heterocycles. The maximum absolute atomic E-state index is 9.64. The molecule has 3 heteroatoms. The van der Waals surface area contributed by atoms with Gasteiger partial charge in [-0.15, -0.1) is 5.92 Å². The third-order valence-electron chi connectivity index (χ3n) is 2.85. The largest absolute Gasteiger partial charge is 0.389 e. The van der Waals surface area contributed by atoms with E-state index in [1.165, 1.54) is 19.3 Å². The number of aliphatic hydroxyl groups excluding tert-OH is 1. The van der Waals surface area contributed by atoms with Crippen molar-refractivity contribution in [3.63, 3.8) is 0 Å². The van der Waals surface area contributed by atoms with Crippen molar-refractivity contribution >= 4 is 0 Å². The molecule has 2 N–H and O–H groups in total. The Balaban J connectivity index is 1.99. The Morgan fingerprint density at radius 1 is 1.38 bits per heavy atom. The van der Waals surface area contributed by atoms with Gasteiger partial charge in [-0.1, -0.05) is 25.2 Å². The highest BCUT2D eigenvalue weighted by Crippen LogP contribution is 2.20. The summed E-state index contributed by atoms with van der Waals surface area (Å²) in [6.07, 6.45) is 6.14. The minimum atomic E-state index is -0.416. The Morgan fingerprint density at radius 2 is 2.12 bits per heavy atom. The fourth-order valence-electron chi connectivity index (χ4n) is 1.93. The average molecular weight is 225 g/mol. The molecule has 1 saturated carbocycles. The van der Waals surface area contributed by atoms with Crippen LogP contribution in [0.5, 0.6) is 0 Å². The first kappa shape index (κ1) is 13.5. The second-order valence-corrected chi connectivity index (χ2v) is 4.30. The summed E-state index contributed by atoms with van der Waals surface area (Å²) >= 11 is 0. The first-order chi connectivity index (χ1) is 7.83. The first-order valence-corrected chi connectivity index (χ1v) is 6.23. The van der Waals surface area contributed by atoms with Crippen LogP contribution in [-0.4, -0.2) is 37.0 Å². The van der Waals surface area contributed by atoms with Gasteiger partial charge in [-0.2, -0.15) is 0 Å². The van der Waals surface area contributed by atoms with Crippen molar-refractivity contribution < 1.29 is 9.84 Å². The van der Waals surface area contributed by atoms with Gasteiger partial charge in [-0.25, -0.2) is 0 Å². The van der Waals surface area contributed by atoms with Gasteiger partial charge in [0.1, 0.15) is 0 Å². The number of aliphatic hydroxyl groups is 1. The molecule has 1 atom stereocenters. The van der Waals surface area contributed by atoms with E-state index in [0.717, 1.165) is 12.8 Å². The number of hydrogen-bond acceptors (Lipinski definition) is 3. The molecule has 92 valence electrons. The summed E-state index contributed by atoms with van der Waals surface area (Å²) in [6.45, 7) is 3.44. The second kappa shape index (κ2) is 8.58. The number of ether oxygens (including phenoxy) is 1. The molecule has 0 aromatic carbocycles. The Hall–Kier alpha value is -0.560. The van der Waals surface area contributed by atoms with Crippen LogP contribution < -0.4 is 5.32 Å². The lowest BCUT2D eigenvalue weighted by Crippen LogP contribution is -2.32. The minimum absolute atomic E-state index is 0.374. The van der Waals surface area contributed by atoms with E-state index in [-0.39, 0.29) is 0 Å². The predicted octanol–water partition coefficient (Wildman–Crippen LogP) is 1.31. The first-order valence-electron chi connectivity index (χ1n) is 6.23. The summed E-state index contributed by atoms with van der Waals surface area (Å²) in [7, 11) is 0. The summed E-state index contributed by atoms with van der Waals surface area (Å²) in [5, 5.41) is 12.7. The smallest absolute Gasteiger partial charge is 0.0898 e. The molecule has 1 fully saturated rings. The van der Waals surface area contributed by atoms with Crippen LogP contribution in [0, 0.1) is 11.8 Å². The maximum Gasteiger partial charge on any atom is 0.0898 e. The van der Waals surface area contributed by atoms with Gasteiger partial charge in [-0.05, 0) is 19.8 Å². The van der Waals surface area contributed by atoms with E-state index < -0.39 is 6.10 Å². The van der Waals surface area contributed by atoms with E-state index in [9.17, 15) is 5.11 Å². The van der Waals surface area contributed by atoms with E-state index in [0.29, 0.717) is 25.8 Å². The van der Waals surface area contributed by atoms with E-state index in [1.807, 2.05) is 6.92 Å². The lowest BCUT2D eigenvalue weighted by molar-refractivity contribution is -0.0226. The molecule has 0 amide bonds. The van der Waals surface area contributed by atoms with Crippen LogP contribution in [0.2, 0.25) is 0 Å². The highest BCUT2D eigenvalue weighted by molar-refractivity contribution is 4.96. The van der Waals surface area contributed by atoms with E-state index in [1.54, 1.807) is 0 Å². The van der Waals surface area contributed by atoms with Crippen molar-refractivity contribution in [3.05, 3.63) is 0 Å². The zero-order chi connectivity index (χ0) is 11.6. The van der Waals surface area contributed by atoms with Gasteiger partial charge in [0.15, 0.2) is 0 Å². The molecular formula is C13H23NO2. The lowest BCUT2D eigenvalue weighted by Gasteiger charge is -2.23. The van der Waals surface area contributed by atoms with Gasteiger partial charge in [0.25, 0.3) is 0 Å². The number of nitrogens with one attached hydrogen (secondary N) is 1. The summed E-state index contributed by atoms with van der Waals surface area (Å²) in [4.78, 5) is 0. The summed E-state index contributed by atoms with van der Waals surface area (Å²) < 4.78 is 5.68. The maximum atomic E-state index is 9.64. The molecule has 1 aliphatic carbocycles. The van der Waals surface area contributed by atoms with Gasteiger partial charge < -0.3 is 15.2 Å². The van der Waals surface area contributed by atoms with Gasteiger partial charge in [-0.3, -0.25) is 0 Å². The molecule has 0 radical (unpaired) electrons. The molecule has 0 aromatic heterocycles. The fourth-order valence-corrected chi connectivity index (χ4v) is 1.93. The molecule has 0 bridgehead atoms. The Kier molecular flexibility index (Phi) is 7.24. The molecule has 3 nitrogen and oxygen atoms in total. The molecule has 1 aliphatic rings. The second-order valence-electron chi connectivity index (χ2n) is 4.30. The minimum Gasteiger partial charge on any atom is -0.389 e. The molecular weight excluding hydrogens is 202 g/mol. The van der Waals surface area contributed by atoms with Crippen molar-refractivity contribution in [3.8, 4) is 11.8 Å². The van der Waals surface area contributed by atoms with E-state index >= 15 is 0 Å². The van der Waals surface area contributed by atoms with Crippen LogP contribution in [0.3, 0.4) is 0 Å². The van der Waals surface area contributed by atoms with Gasteiger partial charge in [0, 0.05) is 6.54 Å². The van der Waals surface area contributed by atoms with Crippen LogP contribution in [-0.2, 0) is 4.74 Å². The van der Waals surface area contributed by atoms with Gasteiger partial charge in [0.2, 0.25) is 0 Å². The van der Waals surface area contributed by atoms with Crippen LogP contribution in [0.4, 0.5) is 0 Å². The zero-order valence-corrected chi connectivity index (χ0v) is 10.2. The van der Waals surface area contributed by atoms with Crippen molar-refractivity contribution in [2.45, 2.75) is 51.2 Å². The number of hydrogen-bond donors (Lipinski definition) is 2. The SMILES string of the molecule is CC#CCNCC(O)COC1CCCCC1. The van der Waals surface area contributed by atoms with Gasteiger partial charge >= 0.3 is 0 Å².